The van der Waals surface area contributed by atoms with Crippen molar-refractivity contribution in [3.8, 4) is 5.75 Å². The molecule has 0 spiro atoms. The molecule has 1 aliphatic carbocycles. The third-order valence-electron chi connectivity index (χ3n) is 4.28. The zero-order chi connectivity index (χ0) is 16.8. The molecule has 1 aromatic heterocycles. The maximum Gasteiger partial charge on any atom is 0.320 e. The number of fused-ring (bicyclic) bond motifs is 3. The normalized spacial score (nSPS) is 23.5. The molecular weight excluding hydrogens is 401 g/mol. The van der Waals surface area contributed by atoms with Gasteiger partial charge in [-0.15, -0.1) is 0 Å². The second kappa shape index (κ2) is 5.89. The average molecular weight is 413 g/mol. The van der Waals surface area contributed by atoms with Gasteiger partial charge in [0.05, 0.1) is 6.61 Å². The van der Waals surface area contributed by atoms with Crippen molar-refractivity contribution >= 4 is 39.4 Å². The van der Waals surface area contributed by atoms with Crippen molar-refractivity contribution in [2.75, 3.05) is 11.9 Å². The molecule has 2 heterocycles. The van der Waals surface area contributed by atoms with Gasteiger partial charge < -0.3 is 10.1 Å². The van der Waals surface area contributed by atoms with Crippen molar-refractivity contribution in [1.29, 1.82) is 0 Å². The Balaban J connectivity index is 1.47. The molecule has 0 radical (unpaired) electrons. The first-order valence-corrected chi connectivity index (χ1v) is 8.51. The summed E-state index contributed by atoms with van der Waals surface area (Å²) in [7, 11) is 0. The number of hydrogen-bond acceptors (Lipinski definition) is 3. The Hall–Kier alpha value is -1.86. The van der Waals surface area contributed by atoms with Crippen molar-refractivity contribution in [2.24, 2.45) is 5.92 Å². The first-order valence-electron chi connectivity index (χ1n) is 7.34. The second-order valence-electron chi connectivity index (χ2n) is 5.76. The third kappa shape index (κ3) is 2.71. The molecule has 1 fully saturated rings. The summed E-state index contributed by atoms with van der Waals surface area (Å²) in [5, 5.41) is 6.01. The number of carbonyl (C=O) groups excluding carboxylic acids is 1. The first kappa shape index (κ1) is 15.7. The third-order valence-corrected chi connectivity index (χ3v) is 5.08. The Morgan fingerprint density at radius 1 is 1.38 bits per heavy atom. The Morgan fingerprint density at radius 3 is 2.96 bits per heavy atom. The van der Waals surface area contributed by atoms with Crippen LogP contribution in [0.3, 0.4) is 0 Å². The van der Waals surface area contributed by atoms with E-state index < -0.39 is 5.82 Å². The monoisotopic (exact) mass is 411 g/mol. The lowest BCUT2D eigenvalue weighted by molar-refractivity contribution is 0.248. The van der Waals surface area contributed by atoms with Crippen LogP contribution in [0.2, 0.25) is 5.02 Å². The molecule has 3 atom stereocenters. The Bertz CT molecular complexity index is 818. The fraction of sp³-hybridized carbons (Fsp3) is 0.250. The first-order chi connectivity index (χ1) is 11.5. The summed E-state index contributed by atoms with van der Waals surface area (Å²) >= 11 is 9.48. The van der Waals surface area contributed by atoms with Crippen LogP contribution >= 0.6 is 27.5 Å². The number of carbonyl (C=O) groups is 1. The Labute approximate surface area is 150 Å². The quantitative estimate of drug-likeness (QED) is 0.785. The van der Waals surface area contributed by atoms with Gasteiger partial charge in [-0.2, -0.15) is 0 Å². The number of rotatable bonds is 2. The minimum atomic E-state index is -0.429. The Morgan fingerprint density at radius 2 is 2.21 bits per heavy atom. The molecule has 24 heavy (non-hydrogen) atoms. The minimum Gasteiger partial charge on any atom is -0.490 e. The van der Waals surface area contributed by atoms with Crippen molar-refractivity contribution in [2.45, 2.75) is 12.0 Å². The molecule has 2 aliphatic rings. The summed E-state index contributed by atoms with van der Waals surface area (Å²) in [6.07, 6.45) is 1.60. The number of halogens is 3. The van der Waals surface area contributed by atoms with E-state index in [2.05, 4.69) is 31.5 Å². The van der Waals surface area contributed by atoms with Gasteiger partial charge in [0.25, 0.3) is 0 Å². The summed E-state index contributed by atoms with van der Waals surface area (Å²) in [5.74, 6) is 0.283. The molecule has 1 unspecified atom stereocenters. The van der Waals surface area contributed by atoms with Gasteiger partial charge in [0.2, 0.25) is 0 Å². The number of hydrogen-bond donors (Lipinski definition) is 2. The van der Waals surface area contributed by atoms with E-state index >= 15 is 0 Å². The molecule has 1 saturated carbocycles. The summed E-state index contributed by atoms with van der Waals surface area (Å²) in [6, 6.07) is 5.78. The van der Waals surface area contributed by atoms with Crippen molar-refractivity contribution in [3.63, 3.8) is 0 Å². The topological polar surface area (TPSA) is 63.2 Å². The molecule has 4 rings (SSSR count). The number of ether oxygens (including phenoxy) is 1. The van der Waals surface area contributed by atoms with Crippen LogP contribution in [0.4, 0.5) is 15.0 Å². The van der Waals surface area contributed by atoms with Gasteiger partial charge >= 0.3 is 6.03 Å². The molecule has 5 nitrogen and oxygen atoms in total. The smallest absolute Gasteiger partial charge is 0.320 e. The zero-order valence-electron chi connectivity index (χ0n) is 12.2. The van der Waals surface area contributed by atoms with Crippen LogP contribution in [0.15, 0.2) is 34.9 Å². The summed E-state index contributed by atoms with van der Waals surface area (Å²) in [4.78, 5) is 16.2. The number of amides is 2. The molecule has 2 amide bonds. The highest BCUT2D eigenvalue weighted by molar-refractivity contribution is 9.10. The minimum absolute atomic E-state index is 0.0272. The standard InChI is InChI=1S/C16H12BrClFN3O2/c17-7-1-4-11(20-5-7)21-16(23)22-14-8-6-24-15-10(19)3-2-9(18)13(15)12(8)14/h1-5,8,12,14H,6H2,(H2,20,21,22,23)/t8-,12-,14?/m0/s1. The number of urea groups is 1. The highest BCUT2D eigenvalue weighted by atomic mass is 79.9. The lowest BCUT2D eigenvalue weighted by Gasteiger charge is -2.17. The number of aromatic nitrogens is 1. The fourth-order valence-electron chi connectivity index (χ4n) is 3.11. The van der Waals surface area contributed by atoms with Gasteiger partial charge in [-0.25, -0.2) is 14.2 Å². The second-order valence-corrected chi connectivity index (χ2v) is 7.08. The van der Waals surface area contributed by atoms with Crippen LogP contribution in [-0.2, 0) is 0 Å². The van der Waals surface area contributed by atoms with Gasteiger partial charge in [0.15, 0.2) is 11.6 Å². The van der Waals surface area contributed by atoms with Crippen molar-refractivity contribution < 1.29 is 13.9 Å². The van der Waals surface area contributed by atoms with E-state index in [0.717, 1.165) is 4.47 Å². The molecule has 8 heteroatoms. The van der Waals surface area contributed by atoms with E-state index in [1.165, 1.54) is 12.1 Å². The van der Waals surface area contributed by atoms with E-state index in [0.29, 0.717) is 23.0 Å². The predicted molar refractivity (Wildman–Crippen MR) is 91.0 cm³/mol. The van der Waals surface area contributed by atoms with Gasteiger partial charge in [-0.05, 0) is 40.2 Å². The van der Waals surface area contributed by atoms with Crippen molar-refractivity contribution in [3.05, 3.63) is 51.3 Å². The summed E-state index contributed by atoms with van der Waals surface area (Å²) in [5.41, 5.74) is 0.639. The zero-order valence-corrected chi connectivity index (χ0v) is 14.6. The number of pyridine rings is 1. The van der Waals surface area contributed by atoms with Crippen LogP contribution in [-0.4, -0.2) is 23.7 Å². The average Bonchev–Trinajstić information content (AvgIpc) is 3.26. The maximum absolute atomic E-state index is 13.9. The molecule has 2 N–H and O–H groups in total. The number of nitrogens with zero attached hydrogens (tertiary/aromatic N) is 1. The summed E-state index contributed by atoms with van der Waals surface area (Å²) in [6.45, 7) is 0.358. The van der Waals surface area contributed by atoms with E-state index in [9.17, 15) is 9.18 Å². The van der Waals surface area contributed by atoms with Gasteiger partial charge in [-0.3, -0.25) is 5.32 Å². The highest BCUT2D eigenvalue weighted by Gasteiger charge is 2.57. The molecule has 124 valence electrons. The van der Waals surface area contributed by atoms with E-state index in [4.69, 9.17) is 16.3 Å². The van der Waals surface area contributed by atoms with Gasteiger partial charge in [0, 0.05) is 39.1 Å². The fourth-order valence-corrected chi connectivity index (χ4v) is 3.62. The highest BCUT2D eigenvalue weighted by Crippen LogP contribution is 2.56. The number of nitrogens with one attached hydrogen (secondary N) is 2. The van der Waals surface area contributed by atoms with Gasteiger partial charge in [0.1, 0.15) is 5.82 Å². The van der Waals surface area contributed by atoms with Crippen LogP contribution in [0, 0.1) is 11.7 Å². The van der Waals surface area contributed by atoms with Crippen LogP contribution in [0.25, 0.3) is 0 Å². The molecule has 1 aromatic carbocycles. The SMILES string of the molecule is O=C(Nc1ccc(Br)cn1)NC1[C@H]2COc3c(F)ccc(Cl)c3[C@@H]12. The van der Waals surface area contributed by atoms with E-state index in [1.807, 2.05) is 0 Å². The number of benzene rings is 1. The van der Waals surface area contributed by atoms with E-state index in [-0.39, 0.29) is 29.7 Å². The molecule has 0 saturated heterocycles. The van der Waals surface area contributed by atoms with Gasteiger partial charge in [-0.1, -0.05) is 11.6 Å². The molecule has 1 aliphatic heterocycles. The summed E-state index contributed by atoms with van der Waals surface area (Å²) < 4.78 is 20.2. The van der Waals surface area contributed by atoms with Crippen molar-refractivity contribution in [1.82, 2.24) is 10.3 Å². The maximum atomic E-state index is 13.9. The van der Waals surface area contributed by atoms with Crippen LogP contribution in [0.1, 0.15) is 11.5 Å². The Kier molecular flexibility index (Phi) is 3.85. The molecule has 0 bridgehead atoms. The predicted octanol–water partition coefficient (Wildman–Crippen LogP) is 3.93. The van der Waals surface area contributed by atoms with Crippen LogP contribution in [0.5, 0.6) is 5.75 Å². The largest absolute Gasteiger partial charge is 0.490 e. The molecule has 2 aromatic rings. The molecular formula is C16H12BrClFN3O2. The number of anilines is 1. The van der Waals surface area contributed by atoms with E-state index in [1.54, 1.807) is 18.3 Å². The lowest BCUT2D eigenvalue weighted by Crippen LogP contribution is -2.32. The van der Waals surface area contributed by atoms with Crippen LogP contribution < -0.4 is 15.4 Å². The lowest BCUT2D eigenvalue weighted by atomic mass is 10.1.